The van der Waals surface area contributed by atoms with Crippen LogP contribution in [0.1, 0.15) is 78.1 Å². The summed E-state index contributed by atoms with van der Waals surface area (Å²) in [5.41, 5.74) is 0.867. The molecule has 0 spiro atoms. The van der Waals surface area contributed by atoms with Gasteiger partial charge in [0.1, 0.15) is 17.2 Å². The number of azo groups is 1. The maximum absolute atomic E-state index is 12.4. The summed E-state index contributed by atoms with van der Waals surface area (Å²) in [4.78, 5) is 12.5. The van der Waals surface area contributed by atoms with Crippen LogP contribution in [0.15, 0.2) is 53.6 Å². The third kappa shape index (κ3) is 12.4. The molecular weight excluding hydrogens is 444 g/mol. The zero-order valence-corrected chi connectivity index (χ0v) is 21.2. The minimum Gasteiger partial charge on any atom is -0.594 e. The first kappa shape index (κ1) is 28.3. The molecule has 0 aliphatic carbocycles. The van der Waals surface area contributed by atoms with Crippen molar-refractivity contribution >= 4 is 17.3 Å². The van der Waals surface area contributed by atoms with Gasteiger partial charge in [-0.3, -0.25) is 4.79 Å². The van der Waals surface area contributed by atoms with Gasteiger partial charge in [-0.1, -0.05) is 63.7 Å². The molecule has 0 saturated heterocycles. The normalized spacial score (nSPS) is 11.4. The molecule has 192 valence electrons. The zero-order chi connectivity index (χ0) is 25.1. The number of unbranched alkanes of at least 4 members (excludes halogenated alkanes) is 7. The van der Waals surface area contributed by atoms with E-state index >= 15 is 0 Å². The van der Waals surface area contributed by atoms with Gasteiger partial charge in [0.25, 0.3) is 0 Å². The molecule has 0 atom stereocenters. The summed E-state index contributed by atoms with van der Waals surface area (Å²) in [6, 6.07) is 13.4. The van der Waals surface area contributed by atoms with Crippen LogP contribution in [-0.4, -0.2) is 30.7 Å². The molecular formula is C28H40N2O5. The van der Waals surface area contributed by atoms with E-state index < -0.39 is 0 Å². The first-order chi connectivity index (χ1) is 17.1. The molecule has 0 bridgehead atoms. The fourth-order valence-electron chi connectivity index (χ4n) is 3.38. The SMILES string of the molecule is CCCCCCCOCCC(=O)Oc1ccc([N+]([O-])=Nc2ccc(OCCCCCC)cc2)cc1. The molecule has 0 saturated carbocycles. The van der Waals surface area contributed by atoms with Gasteiger partial charge in [0, 0.05) is 23.9 Å². The van der Waals surface area contributed by atoms with Crippen molar-refractivity contribution in [1.82, 2.24) is 0 Å². The number of hydrogen-bond acceptors (Lipinski definition) is 6. The van der Waals surface area contributed by atoms with Crippen molar-refractivity contribution in [3.8, 4) is 11.5 Å². The Balaban J connectivity index is 1.72. The molecule has 0 N–H and O–H groups in total. The lowest BCUT2D eigenvalue weighted by atomic mass is 10.2. The highest BCUT2D eigenvalue weighted by atomic mass is 16.5. The highest BCUT2D eigenvalue weighted by molar-refractivity contribution is 5.72. The Morgan fingerprint density at radius 2 is 1.37 bits per heavy atom. The maximum Gasteiger partial charge on any atom is 0.313 e. The lowest BCUT2D eigenvalue weighted by Gasteiger charge is -2.06. The van der Waals surface area contributed by atoms with Gasteiger partial charge in [0.05, 0.1) is 19.6 Å². The molecule has 0 fully saturated rings. The lowest BCUT2D eigenvalue weighted by molar-refractivity contribution is -0.435. The van der Waals surface area contributed by atoms with Gasteiger partial charge in [0.2, 0.25) is 5.69 Å². The van der Waals surface area contributed by atoms with Crippen molar-refractivity contribution in [2.24, 2.45) is 5.11 Å². The zero-order valence-electron chi connectivity index (χ0n) is 21.2. The van der Waals surface area contributed by atoms with Crippen molar-refractivity contribution in [1.29, 1.82) is 0 Å². The molecule has 0 amide bonds. The number of esters is 1. The van der Waals surface area contributed by atoms with E-state index in [1.165, 1.54) is 38.5 Å². The molecule has 7 nitrogen and oxygen atoms in total. The van der Waals surface area contributed by atoms with E-state index in [2.05, 4.69) is 19.0 Å². The molecule has 0 radical (unpaired) electrons. The van der Waals surface area contributed by atoms with Crippen LogP contribution < -0.4 is 9.47 Å². The molecule has 7 heteroatoms. The average molecular weight is 485 g/mol. The van der Waals surface area contributed by atoms with Gasteiger partial charge in [-0.05, 0) is 49.2 Å². The van der Waals surface area contributed by atoms with Crippen LogP contribution >= 0.6 is 0 Å². The van der Waals surface area contributed by atoms with E-state index in [1.807, 2.05) is 12.1 Å². The van der Waals surface area contributed by atoms with Gasteiger partial charge < -0.3 is 19.4 Å². The van der Waals surface area contributed by atoms with Crippen molar-refractivity contribution in [3.63, 3.8) is 0 Å². The molecule has 2 rings (SSSR count). The summed E-state index contributed by atoms with van der Waals surface area (Å²) in [7, 11) is 0. The monoisotopic (exact) mass is 484 g/mol. The molecule has 0 heterocycles. The lowest BCUT2D eigenvalue weighted by Crippen LogP contribution is -2.11. The second-order valence-corrected chi connectivity index (χ2v) is 8.52. The van der Waals surface area contributed by atoms with Crippen LogP contribution in [0.5, 0.6) is 11.5 Å². The summed E-state index contributed by atoms with van der Waals surface area (Å²) >= 11 is 0. The molecule has 0 aromatic heterocycles. The third-order valence-corrected chi connectivity index (χ3v) is 5.44. The largest absolute Gasteiger partial charge is 0.594 e. The topological polar surface area (TPSA) is 83.2 Å². The summed E-state index contributed by atoms with van der Waals surface area (Å²) in [5.74, 6) is 0.786. The number of nitrogens with zero attached hydrogens (tertiary/aromatic N) is 2. The number of ether oxygens (including phenoxy) is 3. The van der Waals surface area contributed by atoms with Gasteiger partial charge in [0.15, 0.2) is 0 Å². The highest BCUT2D eigenvalue weighted by Crippen LogP contribution is 2.23. The van der Waals surface area contributed by atoms with Crippen LogP contribution in [0, 0.1) is 5.21 Å². The van der Waals surface area contributed by atoms with E-state index in [4.69, 9.17) is 14.2 Å². The Morgan fingerprint density at radius 3 is 2.06 bits per heavy atom. The molecule has 2 aromatic carbocycles. The van der Waals surface area contributed by atoms with E-state index in [9.17, 15) is 10.0 Å². The minimum absolute atomic E-state index is 0.193. The van der Waals surface area contributed by atoms with Crippen LogP contribution in [0.25, 0.3) is 0 Å². The molecule has 0 aliphatic heterocycles. The van der Waals surface area contributed by atoms with E-state index in [0.29, 0.717) is 41.8 Å². The van der Waals surface area contributed by atoms with Gasteiger partial charge in [-0.2, -0.15) is 0 Å². The van der Waals surface area contributed by atoms with Crippen LogP contribution in [0.2, 0.25) is 0 Å². The third-order valence-electron chi connectivity index (χ3n) is 5.44. The predicted octanol–water partition coefficient (Wildman–Crippen LogP) is 7.85. The van der Waals surface area contributed by atoms with Crippen LogP contribution in [0.4, 0.5) is 11.4 Å². The predicted molar refractivity (Wildman–Crippen MR) is 138 cm³/mol. The summed E-state index contributed by atoms with van der Waals surface area (Å²) in [6.07, 6.45) is 10.7. The Bertz CT molecular complexity index is 866. The minimum atomic E-state index is -0.361. The Hall–Kier alpha value is -2.93. The first-order valence-corrected chi connectivity index (χ1v) is 12.9. The second kappa shape index (κ2) is 17.5. The van der Waals surface area contributed by atoms with E-state index in [-0.39, 0.29) is 12.4 Å². The number of carbonyl (C=O) groups excluding carboxylic acids is 1. The smallest absolute Gasteiger partial charge is 0.313 e. The molecule has 0 unspecified atom stereocenters. The average Bonchev–Trinajstić information content (AvgIpc) is 2.87. The number of hydrogen-bond donors (Lipinski definition) is 0. The van der Waals surface area contributed by atoms with Gasteiger partial charge >= 0.3 is 5.97 Å². The Labute approximate surface area is 209 Å². The first-order valence-electron chi connectivity index (χ1n) is 12.9. The fourth-order valence-corrected chi connectivity index (χ4v) is 3.38. The summed E-state index contributed by atoms with van der Waals surface area (Å²) in [5, 5.41) is 16.4. The van der Waals surface area contributed by atoms with E-state index in [1.54, 1.807) is 36.4 Å². The Morgan fingerprint density at radius 1 is 0.771 bits per heavy atom. The number of carbonyl (C=O) groups is 1. The van der Waals surface area contributed by atoms with E-state index in [0.717, 1.165) is 25.0 Å². The molecule has 35 heavy (non-hydrogen) atoms. The second-order valence-electron chi connectivity index (χ2n) is 8.52. The van der Waals surface area contributed by atoms with Crippen molar-refractivity contribution in [2.75, 3.05) is 19.8 Å². The van der Waals surface area contributed by atoms with Crippen LogP contribution in [-0.2, 0) is 9.53 Å². The van der Waals surface area contributed by atoms with Crippen molar-refractivity contribution in [2.45, 2.75) is 78.1 Å². The van der Waals surface area contributed by atoms with Crippen molar-refractivity contribution < 1.29 is 23.9 Å². The fraction of sp³-hybridized carbons (Fsp3) is 0.536. The number of rotatable bonds is 18. The summed E-state index contributed by atoms with van der Waals surface area (Å²) < 4.78 is 16.5. The molecule has 2 aromatic rings. The van der Waals surface area contributed by atoms with Crippen LogP contribution in [0.3, 0.4) is 0 Å². The van der Waals surface area contributed by atoms with Gasteiger partial charge in [-0.15, -0.1) is 0 Å². The number of benzene rings is 2. The Kier molecular flexibility index (Phi) is 14.2. The standard InChI is InChI=1S/C28H40N2O5/c1-3-5-7-9-10-21-33-23-20-28(31)35-27-18-14-25(15-19-27)30(32)29-24-12-16-26(17-13-24)34-22-11-8-6-4-2/h12-19H,3-11,20-23H2,1-2H3. The summed E-state index contributed by atoms with van der Waals surface area (Å²) in [6.45, 7) is 6.08. The highest BCUT2D eigenvalue weighted by Gasteiger charge is 2.09. The maximum atomic E-state index is 12.4. The van der Waals surface area contributed by atoms with Crippen molar-refractivity contribution in [3.05, 3.63) is 53.7 Å². The van der Waals surface area contributed by atoms with Gasteiger partial charge in [-0.25, -0.2) is 0 Å². The quantitative estimate of drug-likeness (QED) is 0.0537. The molecule has 0 aliphatic rings.